The number of aliphatic carboxylic acids is 1. The summed E-state index contributed by atoms with van der Waals surface area (Å²) in [5, 5.41) is 9.64. The van der Waals surface area contributed by atoms with Crippen LogP contribution in [0.1, 0.15) is 39.0 Å². The van der Waals surface area contributed by atoms with E-state index in [1.54, 1.807) is 0 Å². The highest BCUT2D eigenvalue weighted by Crippen LogP contribution is 2.38. The van der Waals surface area contributed by atoms with Gasteiger partial charge in [-0.05, 0) is 31.6 Å². The zero-order chi connectivity index (χ0) is 14.1. The summed E-state index contributed by atoms with van der Waals surface area (Å²) in [6.07, 6.45) is 4.28. The van der Waals surface area contributed by atoms with E-state index in [0.717, 1.165) is 19.3 Å². The fourth-order valence-electron chi connectivity index (χ4n) is 3.37. The highest BCUT2D eigenvalue weighted by molar-refractivity contribution is 7.91. The molecule has 1 heterocycles. The van der Waals surface area contributed by atoms with Gasteiger partial charge >= 0.3 is 5.97 Å². The SMILES string of the molecule is CCC1CCC(C(=O)O)(N2CCS(=O)(=O)CC2)CC1. The maximum Gasteiger partial charge on any atom is 0.324 e. The largest absolute Gasteiger partial charge is 0.480 e. The number of carbonyl (C=O) groups is 1. The first-order valence-corrected chi connectivity index (χ1v) is 8.90. The zero-order valence-electron chi connectivity index (χ0n) is 11.5. The van der Waals surface area contributed by atoms with Crippen molar-refractivity contribution < 1.29 is 18.3 Å². The molecular formula is C13H23NO4S. The Morgan fingerprint density at radius 2 is 1.79 bits per heavy atom. The molecular weight excluding hydrogens is 266 g/mol. The first kappa shape index (κ1) is 14.8. The quantitative estimate of drug-likeness (QED) is 0.843. The van der Waals surface area contributed by atoms with E-state index in [-0.39, 0.29) is 11.5 Å². The Kier molecular flexibility index (Phi) is 4.20. The monoisotopic (exact) mass is 289 g/mol. The van der Waals surface area contributed by atoms with Crippen LogP contribution in [-0.4, -0.2) is 54.5 Å². The van der Waals surface area contributed by atoms with Crippen molar-refractivity contribution in [3.8, 4) is 0 Å². The lowest BCUT2D eigenvalue weighted by atomic mass is 9.74. The number of hydrogen-bond donors (Lipinski definition) is 1. The molecule has 0 atom stereocenters. The molecule has 0 aromatic rings. The lowest BCUT2D eigenvalue weighted by Gasteiger charge is -2.46. The number of sulfone groups is 1. The third-order valence-electron chi connectivity index (χ3n) is 4.86. The van der Waals surface area contributed by atoms with Gasteiger partial charge in [-0.15, -0.1) is 0 Å². The van der Waals surface area contributed by atoms with Gasteiger partial charge in [-0.25, -0.2) is 8.42 Å². The molecule has 2 fully saturated rings. The minimum absolute atomic E-state index is 0.0965. The lowest BCUT2D eigenvalue weighted by Crippen LogP contribution is -2.60. The van der Waals surface area contributed by atoms with Gasteiger partial charge in [0, 0.05) is 13.1 Å². The molecule has 0 aromatic heterocycles. The molecule has 0 unspecified atom stereocenters. The van der Waals surface area contributed by atoms with Gasteiger partial charge in [0.15, 0.2) is 9.84 Å². The van der Waals surface area contributed by atoms with E-state index in [1.165, 1.54) is 0 Å². The lowest BCUT2D eigenvalue weighted by molar-refractivity contribution is -0.155. The predicted octanol–water partition coefficient (Wildman–Crippen LogP) is 1.14. The number of nitrogens with zero attached hydrogens (tertiary/aromatic N) is 1. The number of carboxylic acid groups (broad SMARTS) is 1. The standard InChI is InChI=1S/C13H23NO4S/c1-2-11-3-5-13(6-4-11,12(15)16)14-7-9-19(17,18)10-8-14/h11H,2-10H2,1H3,(H,15,16). The molecule has 0 aromatic carbocycles. The van der Waals surface area contributed by atoms with E-state index in [1.807, 2.05) is 4.90 Å². The van der Waals surface area contributed by atoms with Crippen LogP contribution in [0, 0.1) is 5.92 Å². The van der Waals surface area contributed by atoms with Crippen LogP contribution in [0.25, 0.3) is 0 Å². The van der Waals surface area contributed by atoms with Crippen molar-refractivity contribution in [3.63, 3.8) is 0 Å². The van der Waals surface area contributed by atoms with Gasteiger partial charge < -0.3 is 5.11 Å². The Labute approximate surface area is 114 Å². The van der Waals surface area contributed by atoms with Crippen molar-refractivity contribution in [2.75, 3.05) is 24.6 Å². The minimum Gasteiger partial charge on any atom is -0.480 e. The van der Waals surface area contributed by atoms with Crippen molar-refractivity contribution in [1.29, 1.82) is 0 Å². The van der Waals surface area contributed by atoms with Crippen LogP contribution >= 0.6 is 0 Å². The third-order valence-corrected chi connectivity index (χ3v) is 6.47. The second kappa shape index (κ2) is 5.40. The summed E-state index contributed by atoms with van der Waals surface area (Å²) in [5.74, 6) is 0.0423. The smallest absolute Gasteiger partial charge is 0.324 e. The Morgan fingerprint density at radius 1 is 1.26 bits per heavy atom. The Balaban J connectivity index is 2.11. The Bertz CT molecular complexity index is 424. The topological polar surface area (TPSA) is 74.7 Å². The van der Waals surface area contributed by atoms with Crippen molar-refractivity contribution >= 4 is 15.8 Å². The van der Waals surface area contributed by atoms with Crippen LogP contribution in [0.3, 0.4) is 0 Å². The average Bonchev–Trinajstić information content (AvgIpc) is 2.38. The third kappa shape index (κ3) is 2.94. The summed E-state index contributed by atoms with van der Waals surface area (Å²) in [4.78, 5) is 13.6. The van der Waals surface area contributed by atoms with Crippen LogP contribution < -0.4 is 0 Å². The van der Waals surface area contributed by atoms with Crippen molar-refractivity contribution in [3.05, 3.63) is 0 Å². The molecule has 1 aliphatic heterocycles. The number of hydrogen-bond acceptors (Lipinski definition) is 4. The first-order chi connectivity index (χ1) is 8.89. The highest BCUT2D eigenvalue weighted by Gasteiger charge is 2.47. The molecule has 1 N–H and O–H groups in total. The van der Waals surface area contributed by atoms with Crippen LogP contribution in [0.4, 0.5) is 0 Å². The van der Waals surface area contributed by atoms with Gasteiger partial charge in [-0.3, -0.25) is 9.69 Å². The van der Waals surface area contributed by atoms with Crippen LogP contribution in [-0.2, 0) is 14.6 Å². The molecule has 2 aliphatic rings. The average molecular weight is 289 g/mol. The molecule has 0 amide bonds. The molecule has 0 radical (unpaired) electrons. The normalized spacial score (nSPS) is 35.9. The molecule has 6 heteroatoms. The summed E-state index contributed by atoms with van der Waals surface area (Å²) in [5.41, 5.74) is -0.818. The summed E-state index contributed by atoms with van der Waals surface area (Å²) >= 11 is 0. The molecule has 0 spiro atoms. The molecule has 0 bridgehead atoms. The van der Waals surface area contributed by atoms with E-state index < -0.39 is 21.3 Å². The number of rotatable bonds is 3. The van der Waals surface area contributed by atoms with Gasteiger partial charge in [-0.1, -0.05) is 13.3 Å². The maximum absolute atomic E-state index is 11.7. The fourth-order valence-corrected chi connectivity index (χ4v) is 4.57. The van der Waals surface area contributed by atoms with E-state index in [4.69, 9.17) is 0 Å². The van der Waals surface area contributed by atoms with Crippen LogP contribution in [0.15, 0.2) is 0 Å². The highest BCUT2D eigenvalue weighted by atomic mass is 32.2. The van der Waals surface area contributed by atoms with Gasteiger partial charge in [0.25, 0.3) is 0 Å². The van der Waals surface area contributed by atoms with Gasteiger partial charge in [0.05, 0.1) is 11.5 Å². The van der Waals surface area contributed by atoms with E-state index in [9.17, 15) is 18.3 Å². The van der Waals surface area contributed by atoms with Crippen molar-refractivity contribution in [1.82, 2.24) is 4.90 Å². The second-order valence-electron chi connectivity index (χ2n) is 5.83. The minimum atomic E-state index is -2.96. The zero-order valence-corrected chi connectivity index (χ0v) is 12.3. The molecule has 5 nitrogen and oxygen atoms in total. The van der Waals surface area contributed by atoms with Gasteiger partial charge in [0.1, 0.15) is 5.54 Å². The maximum atomic E-state index is 11.7. The van der Waals surface area contributed by atoms with E-state index in [0.29, 0.717) is 31.8 Å². The Morgan fingerprint density at radius 3 is 2.21 bits per heavy atom. The summed E-state index contributed by atoms with van der Waals surface area (Å²) in [7, 11) is -2.96. The van der Waals surface area contributed by atoms with E-state index >= 15 is 0 Å². The van der Waals surface area contributed by atoms with Crippen LogP contribution in [0.2, 0.25) is 0 Å². The van der Waals surface area contributed by atoms with E-state index in [2.05, 4.69) is 6.92 Å². The molecule has 1 saturated carbocycles. The molecule has 2 rings (SSSR count). The molecule has 19 heavy (non-hydrogen) atoms. The molecule has 1 saturated heterocycles. The molecule has 1 aliphatic carbocycles. The predicted molar refractivity (Wildman–Crippen MR) is 72.8 cm³/mol. The van der Waals surface area contributed by atoms with Gasteiger partial charge in [-0.2, -0.15) is 0 Å². The second-order valence-corrected chi connectivity index (χ2v) is 8.13. The number of carboxylic acids is 1. The summed E-state index contributed by atoms with van der Waals surface area (Å²) in [6, 6.07) is 0. The fraction of sp³-hybridized carbons (Fsp3) is 0.923. The molecule has 110 valence electrons. The van der Waals surface area contributed by atoms with Gasteiger partial charge in [0.2, 0.25) is 0 Å². The summed E-state index contributed by atoms with van der Waals surface area (Å²) < 4.78 is 23.0. The van der Waals surface area contributed by atoms with Crippen molar-refractivity contribution in [2.24, 2.45) is 5.92 Å². The Hall–Kier alpha value is -0.620. The summed E-state index contributed by atoms with van der Waals surface area (Å²) in [6.45, 7) is 2.88. The van der Waals surface area contributed by atoms with Crippen molar-refractivity contribution in [2.45, 2.75) is 44.6 Å². The van der Waals surface area contributed by atoms with Crippen LogP contribution in [0.5, 0.6) is 0 Å². The first-order valence-electron chi connectivity index (χ1n) is 7.08.